The Morgan fingerprint density at radius 2 is 1.83 bits per heavy atom. The van der Waals surface area contributed by atoms with Gasteiger partial charge in [0.15, 0.2) is 0 Å². The molecule has 3 aromatic rings. The minimum absolute atomic E-state index is 0.0799. The van der Waals surface area contributed by atoms with Gasteiger partial charge in [0.25, 0.3) is 11.9 Å². The number of aryl methyl sites for hydroxylation is 1. The summed E-state index contributed by atoms with van der Waals surface area (Å²) in [5, 5.41) is 16.5. The number of rotatable bonds is 5. The van der Waals surface area contributed by atoms with Crippen molar-refractivity contribution in [1.82, 2.24) is 29.5 Å². The summed E-state index contributed by atoms with van der Waals surface area (Å²) in [7, 11) is 0. The highest BCUT2D eigenvalue weighted by Crippen LogP contribution is 2.43. The molecule has 6 rings (SSSR count). The van der Waals surface area contributed by atoms with E-state index in [-0.39, 0.29) is 12.0 Å². The largest absolute Gasteiger partial charge is 0.393 e. The summed E-state index contributed by atoms with van der Waals surface area (Å²) in [5.41, 5.74) is 3.61. The molecule has 2 saturated heterocycles. The first-order valence-corrected chi connectivity index (χ1v) is 13.6. The van der Waals surface area contributed by atoms with Gasteiger partial charge in [0.05, 0.1) is 34.1 Å². The Hall–Kier alpha value is -2.62. The zero-order valence-corrected chi connectivity index (χ0v) is 21.0. The molecule has 0 radical (unpaired) electrons. The molecular weight excluding hydrogens is 460 g/mol. The normalized spacial score (nSPS) is 20.5. The van der Waals surface area contributed by atoms with Crippen LogP contribution in [0.5, 0.6) is 0 Å². The van der Waals surface area contributed by atoms with E-state index in [0.717, 1.165) is 86.5 Å². The molecule has 0 unspecified atom stereocenters. The van der Waals surface area contributed by atoms with Crippen molar-refractivity contribution in [2.24, 2.45) is 0 Å². The number of carbonyl (C=O) groups excluding carboxylic acids is 1. The van der Waals surface area contributed by atoms with Crippen molar-refractivity contribution in [3.63, 3.8) is 0 Å². The Bertz CT molecular complexity index is 1190. The lowest BCUT2D eigenvalue weighted by molar-refractivity contribution is 0.0356. The van der Waals surface area contributed by atoms with Gasteiger partial charge >= 0.3 is 0 Å². The lowest BCUT2D eigenvalue weighted by Gasteiger charge is -2.41. The number of hydrogen-bond acceptors (Lipinski definition) is 7. The maximum Gasteiger partial charge on any atom is 0.257 e. The van der Waals surface area contributed by atoms with Crippen molar-refractivity contribution in [2.75, 3.05) is 26.2 Å². The number of carbonyl (C=O) groups is 1. The van der Waals surface area contributed by atoms with Crippen molar-refractivity contribution >= 4 is 17.2 Å². The summed E-state index contributed by atoms with van der Waals surface area (Å²) < 4.78 is 1.80. The van der Waals surface area contributed by atoms with Crippen LogP contribution in [-0.4, -0.2) is 78.9 Å². The standard InChI is InChI=1S/C26H32N6O2S/c1-17-15-27-26(29-23(17)22-3-2-14-35-22)32-24(18-4-5-18)21(16-28-32)25(34)31-10-6-19(7-11-31)30-12-8-20(33)9-13-30/h2-3,14-16,18-20,33H,4-13H2,1H3. The molecule has 9 heteroatoms. The van der Waals surface area contributed by atoms with Gasteiger partial charge in [-0.1, -0.05) is 6.07 Å². The molecule has 0 aromatic carbocycles. The highest BCUT2D eigenvalue weighted by molar-refractivity contribution is 7.13. The Labute approximate surface area is 209 Å². The Kier molecular flexibility index (Phi) is 6.16. The zero-order chi connectivity index (χ0) is 23.9. The topological polar surface area (TPSA) is 87.4 Å². The van der Waals surface area contributed by atoms with Crippen LogP contribution >= 0.6 is 11.3 Å². The van der Waals surface area contributed by atoms with Gasteiger partial charge in [-0.15, -0.1) is 11.3 Å². The first-order chi connectivity index (χ1) is 17.1. The summed E-state index contributed by atoms with van der Waals surface area (Å²) in [6.07, 6.45) is 9.25. The van der Waals surface area contributed by atoms with Crippen molar-refractivity contribution < 1.29 is 9.90 Å². The van der Waals surface area contributed by atoms with Crippen LogP contribution in [0.4, 0.5) is 0 Å². The lowest BCUT2D eigenvalue weighted by atomic mass is 9.98. The first-order valence-electron chi connectivity index (χ1n) is 12.8. The molecule has 3 aliphatic rings. The number of aliphatic hydroxyl groups excluding tert-OH is 1. The molecule has 1 N–H and O–H groups in total. The number of thiophene rings is 1. The molecule has 0 spiro atoms. The van der Waals surface area contributed by atoms with E-state index < -0.39 is 0 Å². The van der Waals surface area contributed by atoms with Crippen LogP contribution in [0.3, 0.4) is 0 Å². The molecule has 1 aliphatic carbocycles. The van der Waals surface area contributed by atoms with Gasteiger partial charge in [0, 0.05) is 44.3 Å². The van der Waals surface area contributed by atoms with Crippen LogP contribution in [-0.2, 0) is 0 Å². The second kappa shape index (κ2) is 9.44. The molecule has 35 heavy (non-hydrogen) atoms. The van der Waals surface area contributed by atoms with Crippen LogP contribution in [0.15, 0.2) is 29.9 Å². The molecule has 1 amide bonds. The van der Waals surface area contributed by atoms with Crippen LogP contribution in [0.25, 0.3) is 16.5 Å². The Morgan fingerprint density at radius 1 is 1.06 bits per heavy atom. The molecule has 1 saturated carbocycles. The molecule has 2 aliphatic heterocycles. The molecule has 3 aromatic heterocycles. The average molecular weight is 493 g/mol. The molecule has 8 nitrogen and oxygen atoms in total. The summed E-state index contributed by atoms with van der Waals surface area (Å²) in [5.74, 6) is 0.950. The van der Waals surface area contributed by atoms with Crippen LogP contribution in [0, 0.1) is 6.92 Å². The van der Waals surface area contributed by atoms with Gasteiger partial charge in [-0.05, 0) is 62.5 Å². The van der Waals surface area contributed by atoms with E-state index >= 15 is 0 Å². The number of aromatic nitrogens is 4. The van der Waals surface area contributed by atoms with E-state index in [1.165, 1.54) is 0 Å². The van der Waals surface area contributed by atoms with Gasteiger partial charge in [-0.25, -0.2) is 14.6 Å². The smallest absolute Gasteiger partial charge is 0.257 e. The Balaban J connectivity index is 1.22. The third-order valence-corrected chi connectivity index (χ3v) is 8.55. The van der Waals surface area contributed by atoms with E-state index in [1.54, 1.807) is 22.2 Å². The third kappa shape index (κ3) is 4.52. The molecule has 3 fully saturated rings. The van der Waals surface area contributed by atoms with Crippen molar-refractivity contribution in [3.8, 4) is 16.5 Å². The van der Waals surface area contributed by atoms with E-state index in [9.17, 15) is 9.90 Å². The highest BCUT2D eigenvalue weighted by Gasteiger charge is 2.36. The maximum atomic E-state index is 13.6. The summed E-state index contributed by atoms with van der Waals surface area (Å²) in [4.78, 5) is 28.7. The van der Waals surface area contributed by atoms with Gasteiger partial charge < -0.3 is 14.9 Å². The van der Waals surface area contributed by atoms with Gasteiger partial charge in [0.1, 0.15) is 0 Å². The van der Waals surface area contributed by atoms with E-state index in [0.29, 0.717) is 23.5 Å². The number of likely N-dealkylation sites (tertiary alicyclic amines) is 2. The van der Waals surface area contributed by atoms with Crippen molar-refractivity contribution in [1.29, 1.82) is 0 Å². The first kappa shape index (κ1) is 22.8. The fourth-order valence-corrected chi connectivity index (χ4v) is 6.26. The van der Waals surface area contributed by atoms with Gasteiger partial charge in [0.2, 0.25) is 0 Å². The van der Waals surface area contributed by atoms with Crippen LogP contribution < -0.4 is 0 Å². The number of amides is 1. The summed E-state index contributed by atoms with van der Waals surface area (Å²) in [6, 6.07) is 4.60. The maximum absolute atomic E-state index is 13.6. The fraction of sp³-hybridized carbons (Fsp3) is 0.538. The van der Waals surface area contributed by atoms with Gasteiger partial charge in [-0.2, -0.15) is 5.10 Å². The summed E-state index contributed by atoms with van der Waals surface area (Å²) in [6.45, 7) is 5.47. The molecular formula is C26H32N6O2S. The average Bonchev–Trinajstić information content (AvgIpc) is 3.38. The molecule has 0 bridgehead atoms. The quantitative estimate of drug-likeness (QED) is 0.585. The third-order valence-electron chi connectivity index (χ3n) is 7.67. The highest BCUT2D eigenvalue weighted by atomic mass is 32.1. The number of aliphatic hydroxyl groups is 1. The van der Waals surface area contributed by atoms with Crippen LogP contribution in [0.2, 0.25) is 0 Å². The van der Waals surface area contributed by atoms with Crippen LogP contribution in [0.1, 0.15) is 66.1 Å². The van der Waals surface area contributed by atoms with Crippen molar-refractivity contribution in [2.45, 2.75) is 63.5 Å². The van der Waals surface area contributed by atoms with E-state index in [1.807, 2.05) is 24.1 Å². The second-order valence-electron chi connectivity index (χ2n) is 10.1. The minimum Gasteiger partial charge on any atom is -0.393 e. The minimum atomic E-state index is -0.149. The SMILES string of the molecule is Cc1cnc(-n2ncc(C(=O)N3CCC(N4CCC(O)CC4)CC3)c2C2CC2)nc1-c1cccs1. The molecule has 184 valence electrons. The monoisotopic (exact) mass is 492 g/mol. The molecule has 5 heterocycles. The molecule has 0 atom stereocenters. The number of hydrogen-bond donors (Lipinski definition) is 1. The van der Waals surface area contributed by atoms with E-state index in [4.69, 9.17) is 4.98 Å². The second-order valence-corrected chi connectivity index (χ2v) is 11.0. The fourth-order valence-electron chi connectivity index (χ4n) is 5.48. The van der Waals surface area contributed by atoms with Crippen molar-refractivity contribution in [3.05, 3.63) is 46.7 Å². The Morgan fingerprint density at radius 3 is 2.51 bits per heavy atom. The predicted molar refractivity (Wildman–Crippen MR) is 135 cm³/mol. The summed E-state index contributed by atoms with van der Waals surface area (Å²) >= 11 is 1.66. The van der Waals surface area contributed by atoms with E-state index in [2.05, 4.69) is 26.4 Å². The zero-order valence-electron chi connectivity index (χ0n) is 20.1. The lowest BCUT2D eigenvalue weighted by Crippen LogP contribution is -2.49. The number of piperidine rings is 2. The number of nitrogens with zero attached hydrogens (tertiary/aromatic N) is 6. The predicted octanol–water partition coefficient (Wildman–Crippen LogP) is 3.64. The van der Waals surface area contributed by atoms with Gasteiger partial charge in [-0.3, -0.25) is 4.79 Å².